The smallest absolute Gasteiger partial charge is 0.221 e. The van der Waals surface area contributed by atoms with Gasteiger partial charge in [0.05, 0.1) is 10.6 Å². The molecule has 2 rings (SSSR count). The van der Waals surface area contributed by atoms with Gasteiger partial charge in [-0.1, -0.05) is 29.8 Å². The Morgan fingerprint density at radius 3 is 2.29 bits per heavy atom. The zero-order valence-electron chi connectivity index (χ0n) is 13.5. The lowest BCUT2D eigenvalue weighted by Gasteiger charge is -2.07. The first-order chi connectivity index (χ1) is 11.4. The number of benzene rings is 2. The normalized spacial score (nSPS) is 11.2. The third-order valence-electron chi connectivity index (χ3n) is 3.63. The number of aryl methyl sites for hydroxylation is 1. The molecule has 0 saturated carbocycles. The number of hydrogen-bond acceptors (Lipinski definition) is 3. The van der Waals surface area contributed by atoms with Gasteiger partial charge in [0.2, 0.25) is 5.91 Å². The van der Waals surface area contributed by atoms with E-state index in [4.69, 9.17) is 0 Å². The van der Waals surface area contributed by atoms with Crippen LogP contribution in [0.5, 0.6) is 0 Å². The molecule has 0 bridgehead atoms. The molecule has 0 aliphatic heterocycles. The second-order valence-electron chi connectivity index (χ2n) is 5.61. The van der Waals surface area contributed by atoms with Crippen molar-refractivity contribution in [3.05, 3.63) is 65.5 Å². The molecule has 0 unspecified atom stereocenters. The maximum atomic E-state index is 12.8. The summed E-state index contributed by atoms with van der Waals surface area (Å²) in [6.07, 6.45) is 0.482. The van der Waals surface area contributed by atoms with Gasteiger partial charge in [0.1, 0.15) is 5.82 Å². The second-order valence-corrected chi connectivity index (χ2v) is 7.72. The van der Waals surface area contributed by atoms with Gasteiger partial charge < -0.3 is 5.32 Å². The Balaban J connectivity index is 1.78. The van der Waals surface area contributed by atoms with Gasteiger partial charge >= 0.3 is 0 Å². The van der Waals surface area contributed by atoms with Gasteiger partial charge in [0, 0.05) is 13.0 Å². The van der Waals surface area contributed by atoms with E-state index in [1.807, 2.05) is 6.92 Å². The molecule has 0 saturated heterocycles. The van der Waals surface area contributed by atoms with E-state index >= 15 is 0 Å². The van der Waals surface area contributed by atoms with Crippen molar-refractivity contribution in [1.82, 2.24) is 5.32 Å². The maximum absolute atomic E-state index is 12.8. The molecular formula is C18H20FNO3S. The van der Waals surface area contributed by atoms with E-state index in [2.05, 4.69) is 5.32 Å². The largest absolute Gasteiger partial charge is 0.356 e. The van der Waals surface area contributed by atoms with Crippen LogP contribution >= 0.6 is 0 Å². The van der Waals surface area contributed by atoms with E-state index in [0.29, 0.717) is 13.0 Å². The maximum Gasteiger partial charge on any atom is 0.221 e. The topological polar surface area (TPSA) is 63.2 Å². The zero-order chi connectivity index (χ0) is 17.6. The molecule has 0 aromatic heterocycles. The van der Waals surface area contributed by atoms with Crippen molar-refractivity contribution in [3.63, 3.8) is 0 Å². The Morgan fingerprint density at radius 1 is 1.04 bits per heavy atom. The highest BCUT2D eigenvalue weighted by Crippen LogP contribution is 2.13. The number of carbonyl (C=O) groups is 1. The summed E-state index contributed by atoms with van der Waals surface area (Å²) >= 11 is 0. The van der Waals surface area contributed by atoms with E-state index in [9.17, 15) is 17.6 Å². The van der Waals surface area contributed by atoms with E-state index in [0.717, 1.165) is 11.1 Å². The molecule has 0 aliphatic carbocycles. The standard InChI is InChI=1S/C18H20FNO3S/c1-14-2-8-17(9-3-14)24(22,23)13-11-18(21)20-12-10-15-4-6-16(19)7-5-15/h2-9H,10-13H2,1H3,(H,20,21). The van der Waals surface area contributed by atoms with E-state index in [1.165, 1.54) is 12.1 Å². The fourth-order valence-corrected chi connectivity index (χ4v) is 3.42. The Labute approximate surface area is 141 Å². The van der Waals surface area contributed by atoms with Crippen LogP contribution < -0.4 is 5.32 Å². The Bertz CT molecular complexity index is 784. The van der Waals surface area contributed by atoms with Crippen LogP contribution in [-0.4, -0.2) is 26.6 Å². The molecule has 2 aromatic rings. The molecule has 128 valence electrons. The number of rotatable bonds is 7. The molecule has 0 heterocycles. The predicted molar refractivity (Wildman–Crippen MR) is 91.0 cm³/mol. The molecule has 0 aliphatic rings. The number of hydrogen-bond donors (Lipinski definition) is 1. The Morgan fingerprint density at radius 2 is 1.67 bits per heavy atom. The second kappa shape index (κ2) is 8.06. The first kappa shape index (κ1) is 18.1. The van der Waals surface area contributed by atoms with Crippen LogP contribution in [0, 0.1) is 12.7 Å². The van der Waals surface area contributed by atoms with Gasteiger partial charge in [-0.05, 0) is 43.2 Å². The number of carbonyl (C=O) groups excluding carboxylic acids is 1. The monoisotopic (exact) mass is 349 g/mol. The molecule has 0 atom stereocenters. The van der Waals surface area contributed by atoms with Crippen molar-refractivity contribution < 1.29 is 17.6 Å². The molecule has 0 fully saturated rings. The Hall–Kier alpha value is -2.21. The van der Waals surface area contributed by atoms with Crippen molar-refractivity contribution in [1.29, 1.82) is 0 Å². The highest BCUT2D eigenvalue weighted by atomic mass is 32.2. The van der Waals surface area contributed by atoms with E-state index < -0.39 is 9.84 Å². The van der Waals surface area contributed by atoms with Crippen LogP contribution in [0.4, 0.5) is 4.39 Å². The average molecular weight is 349 g/mol. The van der Waals surface area contributed by atoms with Gasteiger partial charge in [0.15, 0.2) is 9.84 Å². The fraction of sp³-hybridized carbons (Fsp3) is 0.278. The third-order valence-corrected chi connectivity index (χ3v) is 5.36. The zero-order valence-corrected chi connectivity index (χ0v) is 14.3. The minimum Gasteiger partial charge on any atom is -0.356 e. The van der Waals surface area contributed by atoms with Crippen molar-refractivity contribution >= 4 is 15.7 Å². The molecule has 6 heteroatoms. The summed E-state index contributed by atoms with van der Waals surface area (Å²) in [6.45, 7) is 2.26. The summed E-state index contributed by atoms with van der Waals surface area (Å²) < 4.78 is 37.1. The summed E-state index contributed by atoms with van der Waals surface area (Å²) in [6, 6.07) is 12.6. The lowest BCUT2D eigenvalue weighted by molar-refractivity contribution is -0.120. The molecule has 4 nitrogen and oxygen atoms in total. The summed E-state index contributed by atoms with van der Waals surface area (Å²) in [5, 5.41) is 2.68. The first-order valence-corrected chi connectivity index (χ1v) is 9.32. The SMILES string of the molecule is Cc1ccc(S(=O)(=O)CCC(=O)NCCc2ccc(F)cc2)cc1. The number of nitrogens with one attached hydrogen (secondary N) is 1. The minimum atomic E-state index is -3.46. The highest BCUT2D eigenvalue weighted by Gasteiger charge is 2.16. The molecule has 2 aromatic carbocycles. The van der Waals surface area contributed by atoms with Crippen molar-refractivity contribution in [2.45, 2.75) is 24.7 Å². The summed E-state index contributed by atoms with van der Waals surface area (Å²) in [5.74, 6) is -0.838. The minimum absolute atomic E-state index is 0.0837. The number of amides is 1. The molecule has 1 amide bonds. The molecule has 24 heavy (non-hydrogen) atoms. The first-order valence-electron chi connectivity index (χ1n) is 7.67. The van der Waals surface area contributed by atoms with Crippen molar-refractivity contribution in [3.8, 4) is 0 Å². The summed E-state index contributed by atoms with van der Waals surface area (Å²) in [5.41, 5.74) is 1.89. The fourth-order valence-electron chi connectivity index (χ4n) is 2.18. The molecule has 1 N–H and O–H groups in total. The summed E-state index contributed by atoms with van der Waals surface area (Å²) in [7, 11) is -3.46. The quantitative estimate of drug-likeness (QED) is 0.836. The molecular weight excluding hydrogens is 329 g/mol. The third kappa shape index (κ3) is 5.45. The number of sulfone groups is 1. The summed E-state index contributed by atoms with van der Waals surface area (Å²) in [4.78, 5) is 12.0. The molecule has 0 spiro atoms. The van der Waals surface area contributed by atoms with Crippen LogP contribution in [0.1, 0.15) is 17.5 Å². The predicted octanol–water partition coefficient (Wildman–Crippen LogP) is 2.66. The average Bonchev–Trinajstić information content (AvgIpc) is 2.55. The van der Waals surface area contributed by atoms with Gasteiger partial charge in [0.25, 0.3) is 0 Å². The molecule has 0 radical (unpaired) electrons. The van der Waals surface area contributed by atoms with Gasteiger partial charge in [-0.2, -0.15) is 0 Å². The number of halogens is 1. The van der Waals surface area contributed by atoms with Crippen LogP contribution in [0.25, 0.3) is 0 Å². The van der Waals surface area contributed by atoms with Crippen LogP contribution in [0.15, 0.2) is 53.4 Å². The Kier molecular flexibility index (Phi) is 6.09. The van der Waals surface area contributed by atoms with Gasteiger partial charge in [-0.15, -0.1) is 0 Å². The lowest BCUT2D eigenvalue weighted by Crippen LogP contribution is -2.27. The van der Waals surface area contributed by atoms with Crippen molar-refractivity contribution in [2.75, 3.05) is 12.3 Å². The van der Waals surface area contributed by atoms with Gasteiger partial charge in [-0.3, -0.25) is 4.79 Å². The van der Waals surface area contributed by atoms with E-state index in [1.54, 1.807) is 36.4 Å². The van der Waals surface area contributed by atoms with Crippen LogP contribution in [-0.2, 0) is 21.1 Å². The highest BCUT2D eigenvalue weighted by molar-refractivity contribution is 7.91. The van der Waals surface area contributed by atoms with Crippen molar-refractivity contribution in [2.24, 2.45) is 0 Å². The van der Waals surface area contributed by atoms with E-state index in [-0.39, 0.29) is 28.8 Å². The van der Waals surface area contributed by atoms with Crippen LogP contribution in [0.3, 0.4) is 0 Å². The van der Waals surface area contributed by atoms with Crippen LogP contribution in [0.2, 0.25) is 0 Å². The lowest BCUT2D eigenvalue weighted by atomic mass is 10.1. The van der Waals surface area contributed by atoms with Gasteiger partial charge in [-0.25, -0.2) is 12.8 Å².